The number of hydrogen-bond donors (Lipinski definition) is 9. The molecule has 0 spiro atoms. The zero-order chi connectivity index (χ0) is 47.5. The summed E-state index contributed by atoms with van der Waals surface area (Å²) in [5.74, 6) is -0.257. The number of amides is 1. The Bertz CT molecular complexity index is 1280. The van der Waals surface area contributed by atoms with Crippen LogP contribution in [-0.2, 0) is 23.7 Å². The maximum atomic E-state index is 13.1. The summed E-state index contributed by atoms with van der Waals surface area (Å²) < 4.78 is 22.6. The lowest BCUT2D eigenvalue weighted by Gasteiger charge is -2.46. The van der Waals surface area contributed by atoms with Crippen molar-refractivity contribution >= 4 is 5.91 Å². The average molecular weight is 926 g/mol. The van der Waals surface area contributed by atoms with Crippen LogP contribution in [0.5, 0.6) is 0 Å². The van der Waals surface area contributed by atoms with Gasteiger partial charge in [-0.15, -0.1) is 0 Å². The highest BCUT2D eigenvalue weighted by molar-refractivity contribution is 5.76. The first kappa shape index (κ1) is 59.1. The molecule has 2 saturated heterocycles. The Labute approximate surface area is 391 Å². The quantitative estimate of drug-likeness (QED) is 0.0239. The molecule has 0 bridgehead atoms. The van der Waals surface area contributed by atoms with Gasteiger partial charge in [0.05, 0.1) is 32.0 Å². The minimum atomic E-state index is -1.79. The van der Waals surface area contributed by atoms with Crippen molar-refractivity contribution in [3.63, 3.8) is 0 Å². The molecule has 0 aromatic carbocycles. The molecule has 12 atom stereocenters. The molecule has 12 unspecified atom stereocenters. The molecule has 65 heavy (non-hydrogen) atoms. The van der Waals surface area contributed by atoms with Crippen molar-refractivity contribution in [3.05, 3.63) is 48.6 Å². The zero-order valence-corrected chi connectivity index (χ0v) is 40.0. The van der Waals surface area contributed by atoms with Crippen molar-refractivity contribution < 1.29 is 64.6 Å². The van der Waals surface area contributed by atoms with E-state index in [1.54, 1.807) is 6.08 Å². The van der Waals surface area contributed by atoms with Gasteiger partial charge in [-0.3, -0.25) is 4.79 Å². The molecular weight excluding hydrogens is 835 g/mol. The highest BCUT2D eigenvalue weighted by Gasteiger charge is 2.51. The van der Waals surface area contributed by atoms with Crippen molar-refractivity contribution in [1.82, 2.24) is 5.32 Å². The Kier molecular flexibility index (Phi) is 34.4. The van der Waals surface area contributed by atoms with E-state index in [2.05, 4.69) is 55.6 Å². The predicted molar refractivity (Wildman–Crippen MR) is 254 cm³/mol. The molecular formula is C51H91NO13. The van der Waals surface area contributed by atoms with Gasteiger partial charge in [0.15, 0.2) is 12.6 Å². The number of ether oxygens (including phenoxy) is 4. The van der Waals surface area contributed by atoms with Gasteiger partial charge in [0.2, 0.25) is 5.91 Å². The zero-order valence-electron chi connectivity index (χ0n) is 40.0. The summed E-state index contributed by atoms with van der Waals surface area (Å²) in [6.45, 7) is 2.66. The highest BCUT2D eigenvalue weighted by Crippen LogP contribution is 2.30. The molecule has 14 heteroatoms. The van der Waals surface area contributed by atoms with Crippen molar-refractivity contribution in [2.45, 2.75) is 248 Å². The minimum Gasteiger partial charge on any atom is -0.394 e. The summed E-state index contributed by atoms with van der Waals surface area (Å²) in [6.07, 6.45) is 27.6. The Morgan fingerprint density at radius 3 is 1.65 bits per heavy atom. The minimum absolute atomic E-state index is 0.257. The monoisotopic (exact) mass is 926 g/mol. The normalized spacial score (nSPS) is 27.4. The summed E-state index contributed by atoms with van der Waals surface area (Å²) in [5, 5.41) is 86.4. The molecule has 0 aromatic heterocycles. The third-order valence-electron chi connectivity index (χ3n) is 12.2. The first-order valence-electron chi connectivity index (χ1n) is 25.4. The summed E-state index contributed by atoms with van der Waals surface area (Å²) in [5.41, 5.74) is 0. The highest BCUT2D eigenvalue weighted by atomic mass is 16.7. The maximum absolute atomic E-state index is 13.1. The third-order valence-corrected chi connectivity index (χ3v) is 12.2. The van der Waals surface area contributed by atoms with Crippen LogP contribution in [0.3, 0.4) is 0 Å². The van der Waals surface area contributed by atoms with Crippen LogP contribution >= 0.6 is 0 Å². The molecule has 2 fully saturated rings. The Hall–Kier alpha value is -2.05. The lowest BCUT2D eigenvalue weighted by Crippen LogP contribution is -2.65. The number of aliphatic hydroxyl groups excluding tert-OH is 8. The fourth-order valence-corrected chi connectivity index (χ4v) is 8.03. The maximum Gasteiger partial charge on any atom is 0.220 e. The molecule has 1 amide bonds. The number of carbonyl (C=O) groups excluding carboxylic acids is 1. The summed E-state index contributed by atoms with van der Waals surface area (Å²) >= 11 is 0. The molecule has 9 N–H and O–H groups in total. The van der Waals surface area contributed by atoms with E-state index in [4.69, 9.17) is 18.9 Å². The smallest absolute Gasteiger partial charge is 0.220 e. The largest absolute Gasteiger partial charge is 0.394 e. The van der Waals surface area contributed by atoms with E-state index in [0.717, 1.165) is 51.4 Å². The van der Waals surface area contributed by atoms with Crippen LogP contribution in [0.25, 0.3) is 0 Å². The van der Waals surface area contributed by atoms with E-state index >= 15 is 0 Å². The van der Waals surface area contributed by atoms with Crippen LogP contribution in [0.15, 0.2) is 48.6 Å². The molecule has 2 rings (SSSR count). The van der Waals surface area contributed by atoms with Gasteiger partial charge in [-0.2, -0.15) is 0 Å². The van der Waals surface area contributed by atoms with Crippen LogP contribution < -0.4 is 5.32 Å². The first-order valence-corrected chi connectivity index (χ1v) is 25.4. The second-order valence-electron chi connectivity index (χ2n) is 17.9. The Morgan fingerprint density at radius 1 is 0.554 bits per heavy atom. The van der Waals surface area contributed by atoms with Gasteiger partial charge in [0.25, 0.3) is 0 Å². The second kappa shape index (κ2) is 37.9. The van der Waals surface area contributed by atoms with Gasteiger partial charge in [0, 0.05) is 6.42 Å². The third kappa shape index (κ3) is 25.2. The van der Waals surface area contributed by atoms with Crippen molar-refractivity contribution in [1.29, 1.82) is 0 Å². The molecule has 2 aliphatic rings. The van der Waals surface area contributed by atoms with E-state index < -0.39 is 86.8 Å². The number of allylic oxidation sites excluding steroid dienone is 7. The lowest BCUT2D eigenvalue weighted by atomic mass is 9.97. The van der Waals surface area contributed by atoms with Crippen molar-refractivity contribution in [2.75, 3.05) is 19.8 Å². The Morgan fingerprint density at radius 2 is 1.05 bits per heavy atom. The standard InChI is InChI=1S/C51H91NO13/c1-3-5-7-9-11-13-14-15-16-17-18-19-20-21-22-23-24-25-26-27-29-31-33-35-43(56)52-39(40(55)34-32-30-28-12-10-8-6-4-2)38-62-50-48(61)46(59)49(42(37-54)64-50)65-51-47(60)45(58)44(57)41(36-53)63-51/h10,12,14-15,17-18,32,34,39-42,44-51,53-55,57-61H,3-9,11,13,16,19-31,33,35-38H2,1-2H3,(H,52,56)/b12-10+,15-14-,18-17-,34-32+. The first-order chi connectivity index (χ1) is 31.6. The number of hydrogen-bond acceptors (Lipinski definition) is 13. The fourth-order valence-electron chi connectivity index (χ4n) is 8.03. The van der Waals surface area contributed by atoms with Crippen LogP contribution in [0.1, 0.15) is 174 Å². The number of carbonyl (C=O) groups is 1. The topological polar surface area (TPSA) is 228 Å². The number of nitrogens with one attached hydrogen (secondary N) is 1. The molecule has 0 radical (unpaired) electrons. The lowest BCUT2D eigenvalue weighted by molar-refractivity contribution is -0.359. The van der Waals surface area contributed by atoms with Gasteiger partial charge in [0.1, 0.15) is 48.8 Å². The number of rotatable bonds is 38. The SMILES string of the molecule is CCCC/C=C/CC/C=C/C(O)C(COC1OC(CO)C(OC2OC(CO)C(O)C(O)C2O)C(O)C1O)NC(=O)CCCCCCCCCCCCC/C=C\C/C=C\CCCCCCC. The van der Waals surface area contributed by atoms with Gasteiger partial charge in [-0.1, -0.05) is 159 Å². The number of unbranched alkanes of at least 4 members (excludes halogenated alkanes) is 19. The predicted octanol–water partition coefficient (Wildman–Crippen LogP) is 6.49. The molecule has 378 valence electrons. The summed E-state index contributed by atoms with van der Waals surface area (Å²) in [6, 6.07) is -0.930. The fraction of sp³-hybridized carbons (Fsp3) is 0.824. The molecule has 2 heterocycles. The summed E-state index contributed by atoms with van der Waals surface area (Å²) in [4.78, 5) is 13.1. The van der Waals surface area contributed by atoms with Crippen molar-refractivity contribution in [2.24, 2.45) is 0 Å². The second-order valence-corrected chi connectivity index (χ2v) is 17.9. The van der Waals surface area contributed by atoms with Gasteiger partial charge >= 0.3 is 0 Å². The van der Waals surface area contributed by atoms with Crippen LogP contribution in [0.2, 0.25) is 0 Å². The average Bonchev–Trinajstić information content (AvgIpc) is 3.30. The van der Waals surface area contributed by atoms with Gasteiger partial charge in [-0.25, -0.2) is 0 Å². The van der Waals surface area contributed by atoms with Gasteiger partial charge in [-0.05, 0) is 57.8 Å². The Balaban J connectivity index is 1.75. The van der Waals surface area contributed by atoms with Crippen LogP contribution in [-0.4, -0.2) is 140 Å². The van der Waals surface area contributed by atoms with E-state index in [0.29, 0.717) is 12.8 Å². The van der Waals surface area contributed by atoms with Crippen molar-refractivity contribution in [3.8, 4) is 0 Å². The summed E-state index contributed by atoms with van der Waals surface area (Å²) in [7, 11) is 0. The van der Waals surface area contributed by atoms with E-state index in [9.17, 15) is 45.6 Å². The van der Waals surface area contributed by atoms with Crippen LogP contribution in [0.4, 0.5) is 0 Å². The molecule has 14 nitrogen and oxygen atoms in total. The molecule has 0 saturated carbocycles. The molecule has 2 aliphatic heterocycles. The van der Waals surface area contributed by atoms with E-state index in [1.165, 1.54) is 89.9 Å². The van der Waals surface area contributed by atoms with E-state index in [1.807, 2.05) is 6.08 Å². The van der Waals surface area contributed by atoms with E-state index in [-0.39, 0.29) is 18.9 Å². The molecule has 0 aliphatic carbocycles. The molecule has 0 aromatic rings. The number of aliphatic hydroxyl groups is 8. The van der Waals surface area contributed by atoms with Gasteiger partial charge < -0.3 is 65.1 Å². The van der Waals surface area contributed by atoms with Crippen LogP contribution in [0, 0.1) is 0 Å².